The molecule has 0 aromatic heterocycles. The molecule has 0 N–H and O–H groups in total. The Balaban J connectivity index is 2.08. The molecule has 0 unspecified atom stereocenters. The van der Waals surface area contributed by atoms with Crippen molar-refractivity contribution in [2.24, 2.45) is 0 Å². The summed E-state index contributed by atoms with van der Waals surface area (Å²) in [7, 11) is 1.29. The lowest BCUT2D eigenvalue weighted by atomic mass is 10.1. The minimum absolute atomic E-state index is 0.132. The van der Waals surface area contributed by atoms with E-state index in [2.05, 4.69) is 0 Å². The molecule has 1 aliphatic heterocycles. The number of halogens is 4. The first kappa shape index (κ1) is 18.0. The van der Waals surface area contributed by atoms with Gasteiger partial charge in [0.25, 0.3) is 17.7 Å². The molecule has 0 spiro atoms. The van der Waals surface area contributed by atoms with Crippen LogP contribution in [0.25, 0.3) is 0 Å². The molecule has 1 aliphatic rings. The van der Waals surface area contributed by atoms with Crippen LogP contribution in [0, 0.1) is 0 Å². The third kappa shape index (κ3) is 2.68. The first-order valence-electron chi connectivity index (χ1n) is 6.85. The van der Waals surface area contributed by atoms with Gasteiger partial charge in [0.15, 0.2) is 0 Å². The van der Waals surface area contributed by atoms with Gasteiger partial charge in [-0.05, 0) is 12.1 Å². The highest BCUT2D eigenvalue weighted by Gasteiger charge is 2.44. The number of fused-ring (bicyclic) bond motifs is 1. The van der Waals surface area contributed by atoms with Gasteiger partial charge in [-0.1, -0.05) is 64.6 Å². The van der Waals surface area contributed by atoms with Gasteiger partial charge in [0.1, 0.15) is 0 Å². The van der Waals surface area contributed by atoms with Crippen molar-refractivity contribution < 1.29 is 14.4 Å². The van der Waals surface area contributed by atoms with Crippen molar-refractivity contribution in [3.8, 4) is 0 Å². The quantitative estimate of drug-likeness (QED) is 0.408. The fourth-order valence-electron chi connectivity index (χ4n) is 2.47. The van der Waals surface area contributed by atoms with E-state index in [0.29, 0.717) is 10.6 Å². The second kappa shape index (κ2) is 6.50. The Bertz CT molecular complexity index is 884. The lowest BCUT2D eigenvalue weighted by Crippen LogP contribution is -2.47. The van der Waals surface area contributed by atoms with Crippen molar-refractivity contribution >= 4 is 64.1 Å². The molecule has 2 aromatic carbocycles. The molecule has 0 atom stereocenters. The van der Waals surface area contributed by atoms with E-state index < -0.39 is 17.7 Å². The molecule has 9 heteroatoms. The summed E-state index contributed by atoms with van der Waals surface area (Å²) < 4.78 is 0. The van der Waals surface area contributed by atoms with Crippen LogP contribution >= 0.6 is 46.4 Å². The van der Waals surface area contributed by atoms with Crippen LogP contribution in [0.5, 0.6) is 0 Å². The zero-order chi connectivity index (χ0) is 18.5. The van der Waals surface area contributed by atoms with Crippen molar-refractivity contribution in [1.82, 2.24) is 10.0 Å². The summed E-state index contributed by atoms with van der Waals surface area (Å²) in [5.41, 5.74) is -0.0626. The van der Waals surface area contributed by atoms with Gasteiger partial charge in [0.2, 0.25) is 0 Å². The molecule has 1 heterocycles. The smallest absolute Gasteiger partial charge is 0.267 e. The molecule has 128 valence electrons. The predicted molar refractivity (Wildman–Crippen MR) is 95.5 cm³/mol. The first-order chi connectivity index (χ1) is 11.8. The minimum Gasteiger partial charge on any atom is -0.267 e. The maximum Gasteiger partial charge on any atom is 0.282 e. The van der Waals surface area contributed by atoms with Crippen molar-refractivity contribution in [2.75, 3.05) is 7.05 Å². The van der Waals surface area contributed by atoms with Crippen LogP contribution in [0.3, 0.4) is 0 Å². The largest absolute Gasteiger partial charge is 0.282 e. The molecule has 0 bridgehead atoms. The van der Waals surface area contributed by atoms with Crippen LogP contribution in [-0.4, -0.2) is 34.8 Å². The van der Waals surface area contributed by atoms with E-state index in [-0.39, 0.29) is 31.2 Å². The van der Waals surface area contributed by atoms with E-state index in [9.17, 15) is 14.4 Å². The van der Waals surface area contributed by atoms with Gasteiger partial charge >= 0.3 is 0 Å². The van der Waals surface area contributed by atoms with Gasteiger partial charge in [0, 0.05) is 12.6 Å². The zero-order valence-electron chi connectivity index (χ0n) is 12.5. The number of carbonyl (C=O) groups is 3. The highest BCUT2D eigenvalue weighted by Crippen LogP contribution is 2.45. The van der Waals surface area contributed by atoms with Crippen molar-refractivity contribution in [3.63, 3.8) is 0 Å². The maximum atomic E-state index is 12.7. The van der Waals surface area contributed by atoms with Crippen molar-refractivity contribution in [2.45, 2.75) is 0 Å². The molecule has 0 saturated carbocycles. The van der Waals surface area contributed by atoms with Gasteiger partial charge in [-0.25, -0.2) is 5.01 Å². The molecular weight excluding hydrogens is 410 g/mol. The van der Waals surface area contributed by atoms with E-state index in [1.54, 1.807) is 30.3 Å². The first-order valence-corrected chi connectivity index (χ1v) is 8.36. The number of benzene rings is 2. The Morgan fingerprint density at radius 3 is 1.72 bits per heavy atom. The second-order valence-electron chi connectivity index (χ2n) is 5.12. The molecule has 0 radical (unpaired) electrons. The van der Waals surface area contributed by atoms with Gasteiger partial charge in [-0.3, -0.25) is 14.4 Å². The summed E-state index contributed by atoms with van der Waals surface area (Å²) in [6.07, 6.45) is 0. The Morgan fingerprint density at radius 2 is 1.28 bits per heavy atom. The predicted octanol–water partition coefficient (Wildman–Crippen LogP) is 4.58. The Morgan fingerprint density at radius 1 is 0.840 bits per heavy atom. The molecule has 2 aromatic rings. The molecule has 3 rings (SSSR count). The van der Waals surface area contributed by atoms with Gasteiger partial charge < -0.3 is 0 Å². The number of amides is 3. The zero-order valence-corrected chi connectivity index (χ0v) is 15.5. The number of hydrazine groups is 1. The Labute approximate surface area is 162 Å². The number of carbonyl (C=O) groups excluding carboxylic acids is 3. The van der Waals surface area contributed by atoms with Gasteiger partial charge in [-0.2, -0.15) is 5.01 Å². The minimum atomic E-state index is -0.808. The molecule has 25 heavy (non-hydrogen) atoms. The number of hydrogen-bond acceptors (Lipinski definition) is 3. The van der Waals surface area contributed by atoms with Crippen molar-refractivity contribution in [3.05, 3.63) is 67.1 Å². The number of rotatable bonds is 2. The highest BCUT2D eigenvalue weighted by atomic mass is 35.5. The maximum absolute atomic E-state index is 12.7. The number of nitrogens with zero attached hydrogens (tertiary/aromatic N) is 2. The van der Waals surface area contributed by atoms with Gasteiger partial charge in [0.05, 0.1) is 31.2 Å². The van der Waals surface area contributed by atoms with Crippen molar-refractivity contribution in [1.29, 1.82) is 0 Å². The average Bonchev–Trinajstić information content (AvgIpc) is 2.88. The molecule has 0 fully saturated rings. The van der Waals surface area contributed by atoms with Crippen LogP contribution < -0.4 is 0 Å². The van der Waals surface area contributed by atoms with E-state index in [1.807, 2.05) is 0 Å². The van der Waals surface area contributed by atoms with Crippen LogP contribution in [0.15, 0.2) is 30.3 Å². The van der Waals surface area contributed by atoms with Gasteiger partial charge in [-0.15, -0.1) is 0 Å². The second-order valence-corrected chi connectivity index (χ2v) is 6.63. The molecule has 5 nitrogen and oxygen atoms in total. The average molecular weight is 418 g/mol. The summed E-state index contributed by atoms with van der Waals surface area (Å²) in [5, 5.41) is 0.915. The number of hydrogen-bond donors (Lipinski definition) is 0. The summed E-state index contributed by atoms with van der Waals surface area (Å²) in [4.78, 5) is 37.9. The van der Waals surface area contributed by atoms with Crippen LogP contribution in [0.4, 0.5) is 0 Å². The Hall–Kier alpha value is -1.79. The summed E-state index contributed by atoms with van der Waals surface area (Å²) in [6, 6.07) is 8.19. The standard InChI is InChI=1S/C16H8Cl4N2O3/c1-21(14(23)7-5-3-2-4-6-7)22-15(24)8-9(16(22)25)11(18)13(20)12(19)10(8)17/h2-6H,1H3. The Kier molecular flexibility index (Phi) is 4.68. The van der Waals surface area contributed by atoms with Crippen LogP contribution in [0.2, 0.25) is 20.1 Å². The van der Waals surface area contributed by atoms with E-state index >= 15 is 0 Å². The fourth-order valence-corrected chi connectivity index (χ4v) is 3.48. The highest BCUT2D eigenvalue weighted by molar-refractivity contribution is 6.55. The number of imide groups is 1. The van der Waals surface area contributed by atoms with E-state index in [1.165, 1.54) is 7.05 Å². The molecular formula is C16H8Cl4N2O3. The van der Waals surface area contributed by atoms with E-state index in [0.717, 1.165) is 5.01 Å². The molecule has 0 saturated heterocycles. The summed E-state index contributed by atoms with van der Waals surface area (Å²) in [6.45, 7) is 0. The SMILES string of the molecule is CN(C(=O)c1ccccc1)N1C(=O)c2c(Cl)c(Cl)c(Cl)c(Cl)c2C1=O. The van der Waals surface area contributed by atoms with Crippen LogP contribution in [-0.2, 0) is 0 Å². The summed E-state index contributed by atoms with van der Waals surface area (Å²) >= 11 is 24.0. The normalized spacial score (nSPS) is 13.2. The van der Waals surface area contributed by atoms with E-state index in [4.69, 9.17) is 46.4 Å². The monoisotopic (exact) mass is 416 g/mol. The fraction of sp³-hybridized carbons (Fsp3) is 0.0625. The third-order valence-electron chi connectivity index (χ3n) is 3.69. The molecule has 3 amide bonds. The topological polar surface area (TPSA) is 57.7 Å². The lowest BCUT2D eigenvalue weighted by molar-refractivity contribution is 0.0128. The summed E-state index contributed by atoms with van der Waals surface area (Å²) in [5.74, 6) is -2.17. The lowest BCUT2D eigenvalue weighted by Gasteiger charge is -2.25. The van der Waals surface area contributed by atoms with Crippen LogP contribution in [0.1, 0.15) is 31.1 Å². The molecule has 0 aliphatic carbocycles. The third-order valence-corrected chi connectivity index (χ3v) is 5.50.